The average Bonchev–Trinajstić information content (AvgIpc) is 3.00. The number of benzene rings is 1. The fraction of sp³-hybridized carbons (Fsp3) is 0.500. The highest BCUT2D eigenvalue weighted by Crippen LogP contribution is 2.19. The molecule has 126 valence electrons. The number of hydrogen-bond acceptors (Lipinski definition) is 3. The Morgan fingerprint density at radius 1 is 1.35 bits per heavy atom. The van der Waals surface area contributed by atoms with Gasteiger partial charge in [0.1, 0.15) is 0 Å². The summed E-state index contributed by atoms with van der Waals surface area (Å²) >= 11 is 0. The van der Waals surface area contributed by atoms with Crippen molar-refractivity contribution in [1.29, 1.82) is 0 Å². The maximum absolute atomic E-state index is 13.8. The highest BCUT2D eigenvalue weighted by atomic mass is 19.2. The van der Waals surface area contributed by atoms with Crippen molar-refractivity contribution < 1.29 is 28.2 Å². The van der Waals surface area contributed by atoms with Gasteiger partial charge in [-0.15, -0.1) is 0 Å². The highest BCUT2D eigenvalue weighted by Gasteiger charge is 2.24. The smallest absolute Gasteiger partial charge is 0.305 e. The van der Waals surface area contributed by atoms with Gasteiger partial charge in [0.2, 0.25) is 5.91 Å². The number of carboxylic acid groups (broad SMARTS) is 1. The first-order valence-corrected chi connectivity index (χ1v) is 7.51. The highest BCUT2D eigenvalue weighted by molar-refractivity contribution is 5.77. The number of aliphatic carboxylic acids is 1. The predicted octanol–water partition coefficient (Wildman–Crippen LogP) is 2.34. The van der Waals surface area contributed by atoms with Gasteiger partial charge in [-0.25, -0.2) is 8.78 Å². The third-order valence-corrected chi connectivity index (χ3v) is 3.77. The van der Waals surface area contributed by atoms with Crippen LogP contribution in [0.1, 0.15) is 31.2 Å². The van der Waals surface area contributed by atoms with Gasteiger partial charge in [0.15, 0.2) is 11.6 Å². The van der Waals surface area contributed by atoms with Gasteiger partial charge in [0.05, 0.1) is 18.9 Å². The molecule has 0 radical (unpaired) electrons. The van der Waals surface area contributed by atoms with Gasteiger partial charge in [-0.3, -0.25) is 9.59 Å². The molecule has 1 atom stereocenters. The Morgan fingerprint density at radius 3 is 2.78 bits per heavy atom. The van der Waals surface area contributed by atoms with Crippen LogP contribution in [0.25, 0.3) is 0 Å². The van der Waals surface area contributed by atoms with Crippen molar-refractivity contribution in [3.8, 4) is 0 Å². The molecule has 0 aromatic heterocycles. The first-order chi connectivity index (χ1) is 11.0. The van der Waals surface area contributed by atoms with Crippen molar-refractivity contribution in [2.45, 2.75) is 38.3 Å². The minimum Gasteiger partial charge on any atom is -0.481 e. The molecule has 0 saturated carbocycles. The lowest BCUT2D eigenvalue weighted by Gasteiger charge is -2.24. The second-order valence-electron chi connectivity index (χ2n) is 5.51. The van der Waals surface area contributed by atoms with Crippen LogP contribution in [0.3, 0.4) is 0 Å². The maximum Gasteiger partial charge on any atom is 0.305 e. The van der Waals surface area contributed by atoms with E-state index in [0.717, 1.165) is 18.9 Å². The van der Waals surface area contributed by atoms with E-state index in [4.69, 9.17) is 9.84 Å². The lowest BCUT2D eigenvalue weighted by atomic mass is 10.1. The predicted molar refractivity (Wildman–Crippen MR) is 77.6 cm³/mol. The molecule has 1 N–H and O–H groups in total. The number of carbonyl (C=O) groups excluding carboxylic acids is 1. The zero-order chi connectivity index (χ0) is 16.8. The third kappa shape index (κ3) is 4.99. The Hall–Kier alpha value is -2.02. The van der Waals surface area contributed by atoms with E-state index in [1.54, 1.807) is 0 Å². The minimum absolute atomic E-state index is 0.0241. The van der Waals surface area contributed by atoms with E-state index in [1.807, 2.05) is 0 Å². The van der Waals surface area contributed by atoms with Crippen LogP contribution in [0, 0.1) is 11.6 Å². The van der Waals surface area contributed by atoms with E-state index in [1.165, 1.54) is 17.0 Å². The maximum atomic E-state index is 13.8. The molecular weight excluding hydrogens is 308 g/mol. The van der Waals surface area contributed by atoms with E-state index in [0.29, 0.717) is 6.61 Å². The summed E-state index contributed by atoms with van der Waals surface area (Å²) in [6.45, 7) is 0.380. The topological polar surface area (TPSA) is 66.8 Å². The molecule has 7 heteroatoms. The quantitative estimate of drug-likeness (QED) is 0.835. The lowest BCUT2D eigenvalue weighted by molar-refractivity contribution is -0.139. The zero-order valence-corrected chi connectivity index (χ0v) is 12.6. The van der Waals surface area contributed by atoms with Gasteiger partial charge < -0.3 is 14.7 Å². The Bertz CT molecular complexity index is 573. The Labute approximate surface area is 132 Å². The fourth-order valence-electron chi connectivity index (χ4n) is 2.53. The molecule has 0 spiro atoms. The summed E-state index contributed by atoms with van der Waals surface area (Å²) in [5, 5.41) is 8.80. The average molecular weight is 327 g/mol. The van der Waals surface area contributed by atoms with Crippen molar-refractivity contribution in [3.05, 3.63) is 35.4 Å². The molecule has 0 bridgehead atoms. The molecule has 1 aromatic carbocycles. The van der Waals surface area contributed by atoms with Crippen molar-refractivity contribution >= 4 is 11.9 Å². The van der Waals surface area contributed by atoms with Crippen LogP contribution in [0.2, 0.25) is 0 Å². The van der Waals surface area contributed by atoms with Gasteiger partial charge >= 0.3 is 5.97 Å². The SMILES string of the molecule is O=C(O)CCN(Cc1cccc(F)c1F)C(=O)CC1CCCO1. The molecule has 1 fully saturated rings. The molecule has 2 rings (SSSR count). The van der Waals surface area contributed by atoms with Crippen molar-refractivity contribution in [3.63, 3.8) is 0 Å². The molecule has 23 heavy (non-hydrogen) atoms. The van der Waals surface area contributed by atoms with Gasteiger partial charge in [-0.05, 0) is 18.9 Å². The number of carbonyl (C=O) groups is 2. The Morgan fingerprint density at radius 2 is 2.13 bits per heavy atom. The number of carboxylic acids is 1. The minimum atomic E-state index is -1.06. The molecule has 5 nitrogen and oxygen atoms in total. The van der Waals surface area contributed by atoms with E-state index in [2.05, 4.69) is 0 Å². The number of hydrogen-bond donors (Lipinski definition) is 1. The molecule has 1 aliphatic rings. The first-order valence-electron chi connectivity index (χ1n) is 7.51. The van der Waals surface area contributed by atoms with Gasteiger partial charge in [0.25, 0.3) is 0 Å². The van der Waals surface area contributed by atoms with E-state index in [-0.39, 0.29) is 43.5 Å². The second kappa shape index (κ2) is 8.01. The summed E-state index contributed by atoms with van der Waals surface area (Å²) in [5.41, 5.74) is 0.0241. The number of nitrogens with zero attached hydrogens (tertiary/aromatic N) is 1. The van der Waals surface area contributed by atoms with Gasteiger partial charge in [-0.1, -0.05) is 12.1 Å². The summed E-state index contributed by atoms with van der Waals surface area (Å²) < 4.78 is 32.4. The van der Waals surface area contributed by atoms with Crippen LogP contribution in [-0.4, -0.2) is 41.1 Å². The van der Waals surface area contributed by atoms with Crippen LogP contribution >= 0.6 is 0 Å². The summed E-state index contributed by atoms with van der Waals surface area (Å²) in [6.07, 6.45) is 1.33. The van der Waals surface area contributed by atoms with Crippen molar-refractivity contribution in [1.82, 2.24) is 4.90 Å². The summed E-state index contributed by atoms with van der Waals surface area (Å²) in [6, 6.07) is 3.73. The lowest BCUT2D eigenvalue weighted by Crippen LogP contribution is -2.35. The molecule has 1 aliphatic heterocycles. The molecule has 1 saturated heterocycles. The molecular formula is C16H19F2NO4. The number of rotatable bonds is 7. The number of amides is 1. The molecule has 0 aliphatic carbocycles. The third-order valence-electron chi connectivity index (χ3n) is 3.77. The number of ether oxygens (including phenoxy) is 1. The molecule has 1 amide bonds. The normalized spacial score (nSPS) is 17.2. The monoisotopic (exact) mass is 327 g/mol. The van der Waals surface area contributed by atoms with E-state index >= 15 is 0 Å². The zero-order valence-electron chi connectivity index (χ0n) is 12.6. The molecule has 1 unspecified atom stereocenters. The van der Waals surface area contributed by atoms with Crippen LogP contribution < -0.4 is 0 Å². The second-order valence-corrected chi connectivity index (χ2v) is 5.51. The van der Waals surface area contributed by atoms with Crippen LogP contribution in [-0.2, 0) is 20.9 Å². The molecule has 1 aromatic rings. The van der Waals surface area contributed by atoms with Gasteiger partial charge in [-0.2, -0.15) is 0 Å². The largest absolute Gasteiger partial charge is 0.481 e. The summed E-state index contributed by atoms with van der Waals surface area (Å²) in [4.78, 5) is 24.3. The number of halogens is 2. The fourth-order valence-corrected chi connectivity index (χ4v) is 2.53. The summed E-state index contributed by atoms with van der Waals surface area (Å²) in [7, 11) is 0. The Kier molecular flexibility index (Phi) is 6.04. The van der Waals surface area contributed by atoms with Crippen LogP contribution in [0.5, 0.6) is 0 Å². The van der Waals surface area contributed by atoms with Crippen LogP contribution in [0.15, 0.2) is 18.2 Å². The standard InChI is InChI=1S/C16H19F2NO4/c17-13-5-1-3-11(16(13)18)10-19(7-6-15(21)22)14(20)9-12-4-2-8-23-12/h1,3,5,12H,2,4,6-10H2,(H,21,22). The first kappa shape index (κ1) is 17.3. The Balaban J connectivity index is 2.07. The van der Waals surface area contributed by atoms with Crippen molar-refractivity contribution in [2.75, 3.05) is 13.2 Å². The summed E-state index contributed by atoms with van der Waals surface area (Å²) in [5.74, 6) is -3.38. The van der Waals surface area contributed by atoms with Crippen molar-refractivity contribution in [2.24, 2.45) is 0 Å². The van der Waals surface area contributed by atoms with E-state index in [9.17, 15) is 18.4 Å². The van der Waals surface area contributed by atoms with Crippen LogP contribution in [0.4, 0.5) is 8.78 Å². The van der Waals surface area contributed by atoms with E-state index < -0.39 is 17.6 Å². The molecule has 1 heterocycles. The van der Waals surface area contributed by atoms with Gasteiger partial charge in [0, 0.05) is 25.3 Å².